The standard InChI is InChI=1S/C24H28Cl2FN7O2/c25-13-9-15(26)20(16(27)10-13)32-24-31-18-11-29-23(30-17-3-1-2-4-19(17)35)33-22(18)34(24)14-7-5-12(6-8-14)21(28)36/h9-12,14,17,19,35H,1-8H2,(H2,28,36)(H,31,32)(H,29,30,33). The number of hydrogen-bond donors (Lipinski definition) is 4. The lowest BCUT2D eigenvalue weighted by atomic mass is 9.85. The number of nitrogens with one attached hydrogen (secondary N) is 2. The molecule has 5 N–H and O–H groups in total. The van der Waals surface area contributed by atoms with E-state index < -0.39 is 11.9 Å². The molecule has 0 spiro atoms. The number of carbonyl (C=O) groups excluding carboxylic acids is 1. The fourth-order valence-electron chi connectivity index (χ4n) is 5.23. The first-order valence-electron chi connectivity index (χ1n) is 12.2. The van der Waals surface area contributed by atoms with Crippen molar-refractivity contribution >= 4 is 57.9 Å². The van der Waals surface area contributed by atoms with Gasteiger partial charge in [-0.05, 0) is 50.7 Å². The highest BCUT2D eigenvalue weighted by Crippen LogP contribution is 2.38. The Balaban J connectivity index is 1.53. The molecule has 0 saturated heterocycles. The molecule has 1 aromatic carbocycles. The topological polar surface area (TPSA) is 131 Å². The van der Waals surface area contributed by atoms with Gasteiger partial charge in [-0.25, -0.2) is 14.4 Å². The summed E-state index contributed by atoms with van der Waals surface area (Å²) in [7, 11) is 0. The average molecular weight is 536 g/mol. The van der Waals surface area contributed by atoms with Gasteiger partial charge in [0.15, 0.2) is 5.65 Å². The van der Waals surface area contributed by atoms with Gasteiger partial charge < -0.3 is 21.5 Å². The van der Waals surface area contributed by atoms with E-state index in [0.717, 1.165) is 25.7 Å². The summed E-state index contributed by atoms with van der Waals surface area (Å²) in [6, 6.07) is 2.46. The first-order valence-corrected chi connectivity index (χ1v) is 13.0. The van der Waals surface area contributed by atoms with Crippen molar-refractivity contribution in [1.82, 2.24) is 19.5 Å². The van der Waals surface area contributed by atoms with Crippen LogP contribution in [0.25, 0.3) is 11.2 Å². The summed E-state index contributed by atoms with van der Waals surface area (Å²) < 4.78 is 16.7. The molecule has 5 rings (SSSR count). The Labute approximate surface area is 217 Å². The first-order chi connectivity index (χ1) is 17.3. The number of fused-ring (bicyclic) bond motifs is 1. The largest absolute Gasteiger partial charge is 0.391 e. The summed E-state index contributed by atoms with van der Waals surface area (Å²) in [5.41, 5.74) is 6.67. The number of carbonyl (C=O) groups is 1. The molecule has 0 bridgehead atoms. The van der Waals surface area contributed by atoms with E-state index in [9.17, 15) is 14.3 Å². The second kappa shape index (κ2) is 10.4. The summed E-state index contributed by atoms with van der Waals surface area (Å²) in [4.78, 5) is 25.5. The Hall–Kier alpha value is -2.69. The van der Waals surface area contributed by atoms with Crippen molar-refractivity contribution in [2.45, 2.75) is 69.6 Å². The number of aromatic nitrogens is 4. The number of anilines is 3. The van der Waals surface area contributed by atoms with E-state index >= 15 is 0 Å². The summed E-state index contributed by atoms with van der Waals surface area (Å²) in [6.45, 7) is 0. The van der Waals surface area contributed by atoms with Gasteiger partial charge in [0.2, 0.25) is 17.8 Å². The highest BCUT2D eigenvalue weighted by Gasteiger charge is 2.30. The molecule has 2 aromatic heterocycles. The molecular weight excluding hydrogens is 508 g/mol. The molecular formula is C24H28Cl2FN7O2. The van der Waals surface area contributed by atoms with Gasteiger partial charge in [-0.3, -0.25) is 9.36 Å². The molecule has 3 aromatic rings. The van der Waals surface area contributed by atoms with Crippen molar-refractivity contribution in [1.29, 1.82) is 0 Å². The molecule has 9 nitrogen and oxygen atoms in total. The Morgan fingerprint density at radius 2 is 1.86 bits per heavy atom. The number of primary amides is 1. The van der Waals surface area contributed by atoms with Crippen LogP contribution in [0.2, 0.25) is 10.0 Å². The van der Waals surface area contributed by atoms with Gasteiger partial charge in [0.05, 0.1) is 29.1 Å². The third-order valence-electron chi connectivity index (χ3n) is 7.18. The first kappa shape index (κ1) is 25.0. The highest BCUT2D eigenvalue weighted by molar-refractivity contribution is 6.36. The second-order valence-corrected chi connectivity index (χ2v) is 10.4. The van der Waals surface area contributed by atoms with Crippen LogP contribution in [0.15, 0.2) is 18.3 Å². The van der Waals surface area contributed by atoms with E-state index in [0.29, 0.717) is 48.7 Å². The van der Waals surface area contributed by atoms with Gasteiger partial charge in [0.25, 0.3) is 0 Å². The predicted octanol–water partition coefficient (Wildman–Crippen LogP) is 4.95. The fraction of sp³-hybridized carbons (Fsp3) is 0.500. The smallest absolute Gasteiger partial charge is 0.225 e. The molecule has 2 unspecified atom stereocenters. The second-order valence-electron chi connectivity index (χ2n) is 9.59. The summed E-state index contributed by atoms with van der Waals surface area (Å²) in [5.74, 6) is -0.321. The molecule has 0 radical (unpaired) electrons. The summed E-state index contributed by atoms with van der Waals surface area (Å²) in [6.07, 6.45) is 7.38. The number of aliphatic hydroxyl groups is 1. The SMILES string of the molecule is NC(=O)C1CCC(n2c(Nc3c(F)cc(Cl)cc3Cl)nc3cnc(NC4CCCCC4O)nc32)CC1. The monoisotopic (exact) mass is 535 g/mol. The van der Waals surface area contributed by atoms with Crippen LogP contribution < -0.4 is 16.4 Å². The third-order valence-corrected chi connectivity index (χ3v) is 7.70. The van der Waals surface area contributed by atoms with E-state index in [2.05, 4.69) is 20.6 Å². The quantitative estimate of drug-likeness (QED) is 0.351. The molecule has 2 heterocycles. The Bertz CT molecular complexity index is 1260. The van der Waals surface area contributed by atoms with E-state index in [1.54, 1.807) is 6.20 Å². The van der Waals surface area contributed by atoms with Crippen LogP contribution in [-0.2, 0) is 4.79 Å². The van der Waals surface area contributed by atoms with Crippen molar-refractivity contribution in [3.05, 3.63) is 34.2 Å². The van der Waals surface area contributed by atoms with Gasteiger partial charge in [-0.15, -0.1) is 0 Å². The number of rotatable bonds is 6. The van der Waals surface area contributed by atoms with E-state index in [-0.39, 0.29) is 39.6 Å². The number of aliphatic hydroxyl groups excluding tert-OH is 1. The number of halogens is 3. The highest BCUT2D eigenvalue weighted by atomic mass is 35.5. The van der Waals surface area contributed by atoms with Crippen molar-refractivity contribution in [3.8, 4) is 0 Å². The van der Waals surface area contributed by atoms with Crippen molar-refractivity contribution in [2.24, 2.45) is 11.7 Å². The van der Waals surface area contributed by atoms with Crippen LogP contribution in [0, 0.1) is 11.7 Å². The van der Waals surface area contributed by atoms with Gasteiger partial charge >= 0.3 is 0 Å². The van der Waals surface area contributed by atoms with Gasteiger partial charge in [-0.1, -0.05) is 36.0 Å². The molecule has 36 heavy (non-hydrogen) atoms. The van der Waals surface area contributed by atoms with E-state index in [1.165, 1.54) is 12.1 Å². The Morgan fingerprint density at radius 3 is 2.56 bits per heavy atom. The van der Waals surface area contributed by atoms with Crippen LogP contribution >= 0.6 is 23.2 Å². The van der Waals surface area contributed by atoms with E-state index in [1.807, 2.05) is 4.57 Å². The molecule has 2 aliphatic carbocycles. The van der Waals surface area contributed by atoms with E-state index in [4.69, 9.17) is 33.9 Å². The molecule has 1 amide bonds. The lowest BCUT2D eigenvalue weighted by molar-refractivity contribution is -0.122. The minimum atomic E-state index is -0.608. The number of amides is 1. The van der Waals surface area contributed by atoms with Gasteiger partial charge in [0, 0.05) is 17.0 Å². The number of nitrogens with two attached hydrogens (primary N) is 1. The maximum Gasteiger partial charge on any atom is 0.225 e. The zero-order chi connectivity index (χ0) is 25.4. The van der Waals surface area contributed by atoms with Crippen molar-refractivity contribution in [3.63, 3.8) is 0 Å². The zero-order valence-corrected chi connectivity index (χ0v) is 21.1. The van der Waals surface area contributed by atoms with Gasteiger partial charge in [0.1, 0.15) is 11.3 Å². The van der Waals surface area contributed by atoms with Crippen LogP contribution in [-0.4, -0.2) is 42.7 Å². The van der Waals surface area contributed by atoms with Crippen LogP contribution in [0.4, 0.5) is 22.0 Å². The number of benzene rings is 1. The molecule has 2 saturated carbocycles. The molecule has 2 aliphatic rings. The number of imidazole rings is 1. The minimum absolute atomic E-state index is 0.0507. The number of hydrogen-bond acceptors (Lipinski definition) is 7. The third kappa shape index (κ3) is 5.07. The lowest BCUT2D eigenvalue weighted by Gasteiger charge is -2.29. The minimum Gasteiger partial charge on any atom is -0.391 e. The van der Waals surface area contributed by atoms with Crippen molar-refractivity contribution in [2.75, 3.05) is 10.6 Å². The maximum absolute atomic E-state index is 14.7. The predicted molar refractivity (Wildman–Crippen MR) is 137 cm³/mol. The lowest BCUT2D eigenvalue weighted by Crippen LogP contribution is -2.36. The fourth-order valence-corrected chi connectivity index (χ4v) is 5.75. The van der Waals surface area contributed by atoms with Crippen LogP contribution in [0.3, 0.4) is 0 Å². The Kier molecular flexibility index (Phi) is 7.18. The summed E-state index contributed by atoms with van der Waals surface area (Å²) in [5, 5.41) is 17.0. The zero-order valence-electron chi connectivity index (χ0n) is 19.6. The van der Waals surface area contributed by atoms with Crippen LogP contribution in [0.1, 0.15) is 57.4 Å². The Morgan fingerprint density at radius 1 is 1.11 bits per heavy atom. The molecule has 12 heteroatoms. The maximum atomic E-state index is 14.7. The molecule has 2 atom stereocenters. The van der Waals surface area contributed by atoms with Crippen molar-refractivity contribution < 1.29 is 14.3 Å². The molecule has 2 fully saturated rings. The van der Waals surface area contributed by atoms with Crippen LogP contribution in [0.5, 0.6) is 0 Å². The van der Waals surface area contributed by atoms with Gasteiger partial charge in [-0.2, -0.15) is 4.98 Å². The molecule has 192 valence electrons. The average Bonchev–Trinajstić information content (AvgIpc) is 3.20. The number of nitrogens with zero attached hydrogens (tertiary/aromatic N) is 4. The summed E-state index contributed by atoms with van der Waals surface area (Å²) >= 11 is 12.2. The normalized spacial score (nSPS) is 24.6. The molecule has 0 aliphatic heterocycles.